The molecule has 1 aliphatic rings. The molecule has 0 aromatic rings. The highest BCUT2D eigenvalue weighted by Crippen LogP contribution is 2.10. The lowest BCUT2D eigenvalue weighted by molar-refractivity contribution is -0.144. The Morgan fingerprint density at radius 1 is 1.28 bits per heavy atom. The van der Waals surface area contributed by atoms with Gasteiger partial charge >= 0.3 is 5.97 Å². The van der Waals surface area contributed by atoms with Crippen LogP contribution in [0.2, 0.25) is 0 Å². The molecule has 0 aromatic carbocycles. The molecule has 1 rings (SSSR count). The van der Waals surface area contributed by atoms with Crippen molar-refractivity contribution in [3.05, 3.63) is 0 Å². The van der Waals surface area contributed by atoms with Crippen molar-refractivity contribution in [2.24, 2.45) is 0 Å². The van der Waals surface area contributed by atoms with E-state index in [2.05, 4.69) is 0 Å². The minimum absolute atomic E-state index is 0.0983. The molecule has 18 heavy (non-hydrogen) atoms. The number of amides is 2. The van der Waals surface area contributed by atoms with Gasteiger partial charge in [-0.25, -0.2) is 0 Å². The van der Waals surface area contributed by atoms with E-state index in [0.717, 1.165) is 0 Å². The van der Waals surface area contributed by atoms with Gasteiger partial charge in [-0.2, -0.15) is 0 Å². The van der Waals surface area contributed by atoms with Crippen molar-refractivity contribution < 1.29 is 19.1 Å². The monoisotopic (exact) mass is 256 g/mol. The fourth-order valence-corrected chi connectivity index (χ4v) is 1.77. The number of imide groups is 1. The summed E-state index contributed by atoms with van der Waals surface area (Å²) in [5.74, 6) is -0.421. The standard InChI is InChI=1S/C12H20N2O4/c1-3-18-12(17)6-7-13(2)8-9-14-10(15)4-5-11(14)16/h3-9H2,1-2H3. The number of esters is 1. The highest BCUT2D eigenvalue weighted by Gasteiger charge is 2.28. The maximum Gasteiger partial charge on any atom is 0.307 e. The highest BCUT2D eigenvalue weighted by molar-refractivity contribution is 6.01. The van der Waals surface area contributed by atoms with Crippen LogP contribution in [0.1, 0.15) is 26.2 Å². The molecule has 0 N–H and O–H groups in total. The number of ether oxygens (including phenoxy) is 1. The lowest BCUT2D eigenvalue weighted by atomic mass is 10.4. The van der Waals surface area contributed by atoms with Crippen LogP contribution in [-0.2, 0) is 19.1 Å². The van der Waals surface area contributed by atoms with Crippen molar-refractivity contribution in [2.45, 2.75) is 26.2 Å². The Hall–Kier alpha value is -1.43. The van der Waals surface area contributed by atoms with Gasteiger partial charge in [-0.05, 0) is 14.0 Å². The molecule has 0 unspecified atom stereocenters. The van der Waals surface area contributed by atoms with E-state index in [-0.39, 0.29) is 17.8 Å². The molecule has 0 spiro atoms. The Morgan fingerprint density at radius 2 is 1.89 bits per heavy atom. The van der Waals surface area contributed by atoms with E-state index in [1.54, 1.807) is 6.92 Å². The molecule has 0 atom stereocenters. The van der Waals surface area contributed by atoms with Crippen molar-refractivity contribution in [3.63, 3.8) is 0 Å². The molecule has 102 valence electrons. The van der Waals surface area contributed by atoms with Gasteiger partial charge in [-0.15, -0.1) is 0 Å². The number of hydrogen-bond acceptors (Lipinski definition) is 5. The Bertz CT molecular complexity index is 314. The van der Waals surface area contributed by atoms with Crippen molar-refractivity contribution in [2.75, 3.05) is 33.3 Å². The number of carbonyl (C=O) groups is 3. The Kier molecular flexibility index (Phi) is 5.77. The van der Waals surface area contributed by atoms with E-state index in [0.29, 0.717) is 45.5 Å². The van der Waals surface area contributed by atoms with Crippen molar-refractivity contribution in [3.8, 4) is 0 Å². The molecule has 6 heteroatoms. The normalized spacial score (nSPS) is 15.6. The van der Waals surface area contributed by atoms with E-state index in [9.17, 15) is 14.4 Å². The molecule has 0 saturated carbocycles. The zero-order valence-corrected chi connectivity index (χ0v) is 11.0. The first-order chi connectivity index (χ1) is 8.54. The Morgan fingerprint density at radius 3 is 2.44 bits per heavy atom. The molecular weight excluding hydrogens is 236 g/mol. The summed E-state index contributed by atoms with van der Waals surface area (Å²) in [6, 6.07) is 0. The second kappa shape index (κ2) is 7.10. The summed E-state index contributed by atoms with van der Waals surface area (Å²) in [6.45, 7) is 3.70. The van der Waals surface area contributed by atoms with E-state index in [1.807, 2.05) is 11.9 Å². The second-order valence-electron chi connectivity index (χ2n) is 4.30. The van der Waals surface area contributed by atoms with Crippen molar-refractivity contribution >= 4 is 17.8 Å². The van der Waals surface area contributed by atoms with Gasteiger partial charge < -0.3 is 9.64 Å². The van der Waals surface area contributed by atoms with Crippen LogP contribution in [-0.4, -0.2) is 60.9 Å². The lowest BCUT2D eigenvalue weighted by Gasteiger charge is -2.20. The average Bonchev–Trinajstić information content (AvgIpc) is 2.64. The summed E-state index contributed by atoms with van der Waals surface area (Å²) < 4.78 is 4.82. The quantitative estimate of drug-likeness (QED) is 0.474. The molecule has 1 heterocycles. The smallest absolute Gasteiger partial charge is 0.307 e. The maximum atomic E-state index is 11.4. The predicted octanol–water partition coefficient (Wildman–Crippen LogP) is 0.0204. The third-order valence-electron chi connectivity index (χ3n) is 2.86. The second-order valence-corrected chi connectivity index (χ2v) is 4.30. The molecule has 0 aromatic heterocycles. The van der Waals surface area contributed by atoms with Gasteiger partial charge in [0.1, 0.15) is 0 Å². The molecule has 0 aliphatic carbocycles. The predicted molar refractivity (Wildman–Crippen MR) is 64.7 cm³/mol. The zero-order chi connectivity index (χ0) is 13.5. The topological polar surface area (TPSA) is 66.9 Å². The van der Waals surface area contributed by atoms with E-state index < -0.39 is 0 Å². The van der Waals surface area contributed by atoms with E-state index in [1.165, 1.54) is 4.90 Å². The first-order valence-electron chi connectivity index (χ1n) is 6.22. The van der Waals surface area contributed by atoms with Crippen molar-refractivity contribution in [1.82, 2.24) is 9.80 Å². The van der Waals surface area contributed by atoms with Gasteiger partial charge in [0.15, 0.2) is 0 Å². The maximum absolute atomic E-state index is 11.4. The minimum atomic E-state index is -0.224. The Balaban J connectivity index is 2.20. The van der Waals surface area contributed by atoms with E-state index >= 15 is 0 Å². The molecule has 1 fully saturated rings. The third-order valence-corrected chi connectivity index (χ3v) is 2.86. The summed E-state index contributed by atoms with van der Waals surface area (Å²) in [5.41, 5.74) is 0. The zero-order valence-electron chi connectivity index (χ0n) is 11.0. The highest BCUT2D eigenvalue weighted by atomic mass is 16.5. The minimum Gasteiger partial charge on any atom is -0.466 e. The largest absolute Gasteiger partial charge is 0.466 e. The number of hydrogen-bond donors (Lipinski definition) is 0. The van der Waals surface area contributed by atoms with Crippen LogP contribution < -0.4 is 0 Å². The molecular formula is C12H20N2O4. The van der Waals surface area contributed by atoms with Gasteiger partial charge in [0.05, 0.1) is 13.0 Å². The first kappa shape index (κ1) is 14.6. The number of rotatable bonds is 7. The van der Waals surface area contributed by atoms with Gasteiger partial charge in [0.25, 0.3) is 0 Å². The van der Waals surface area contributed by atoms with Crippen LogP contribution in [0.25, 0.3) is 0 Å². The summed E-state index contributed by atoms with van der Waals surface area (Å²) in [5, 5.41) is 0. The average molecular weight is 256 g/mol. The molecule has 0 bridgehead atoms. The fraction of sp³-hybridized carbons (Fsp3) is 0.750. The van der Waals surface area contributed by atoms with Crippen molar-refractivity contribution in [1.29, 1.82) is 0 Å². The summed E-state index contributed by atoms with van der Waals surface area (Å²) >= 11 is 0. The van der Waals surface area contributed by atoms with Crippen LogP contribution in [0.5, 0.6) is 0 Å². The number of nitrogens with zero attached hydrogens (tertiary/aromatic N) is 2. The van der Waals surface area contributed by atoms with E-state index in [4.69, 9.17) is 4.74 Å². The molecule has 2 amide bonds. The summed E-state index contributed by atoms with van der Waals surface area (Å²) in [6.07, 6.45) is 0.975. The SMILES string of the molecule is CCOC(=O)CCN(C)CCN1C(=O)CCC1=O. The van der Waals surface area contributed by atoms with Gasteiger partial charge in [-0.1, -0.05) is 0 Å². The number of likely N-dealkylation sites (N-methyl/N-ethyl adjacent to an activating group) is 1. The number of likely N-dealkylation sites (tertiary alicyclic amines) is 1. The third kappa shape index (κ3) is 4.44. The van der Waals surface area contributed by atoms with Gasteiger partial charge in [-0.3, -0.25) is 19.3 Å². The van der Waals surface area contributed by atoms with Gasteiger partial charge in [0, 0.05) is 32.5 Å². The molecule has 6 nitrogen and oxygen atoms in total. The first-order valence-corrected chi connectivity index (χ1v) is 6.22. The van der Waals surface area contributed by atoms with Crippen LogP contribution in [0.4, 0.5) is 0 Å². The lowest BCUT2D eigenvalue weighted by Crippen LogP contribution is -2.37. The van der Waals surface area contributed by atoms with Crippen LogP contribution in [0, 0.1) is 0 Å². The summed E-state index contributed by atoms with van der Waals surface area (Å²) in [4.78, 5) is 37.1. The molecule has 1 saturated heterocycles. The molecule has 1 aliphatic heterocycles. The van der Waals surface area contributed by atoms with Gasteiger partial charge in [0.2, 0.25) is 11.8 Å². The molecule has 0 radical (unpaired) electrons. The van der Waals surface area contributed by atoms with Crippen LogP contribution in [0.3, 0.4) is 0 Å². The Labute approximate surface area is 107 Å². The van der Waals surface area contributed by atoms with Crippen LogP contribution in [0.15, 0.2) is 0 Å². The number of carbonyl (C=O) groups excluding carboxylic acids is 3. The summed E-state index contributed by atoms with van der Waals surface area (Å²) in [7, 11) is 1.85. The van der Waals surface area contributed by atoms with Crippen LogP contribution >= 0.6 is 0 Å². The fourth-order valence-electron chi connectivity index (χ4n) is 1.77.